The van der Waals surface area contributed by atoms with Gasteiger partial charge in [-0.2, -0.15) is 0 Å². The van der Waals surface area contributed by atoms with E-state index in [2.05, 4.69) is 28.0 Å². The van der Waals surface area contributed by atoms with E-state index in [-0.39, 0.29) is 29.8 Å². The quantitative estimate of drug-likeness (QED) is 0.820. The normalized spacial score (nSPS) is 24.8. The van der Waals surface area contributed by atoms with Crippen molar-refractivity contribution in [2.45, 2.75) is 65.0 Å². The van der Waals surface area contributed by atoms with Crippen LogP contribution in [0.4, 0.5) is 4.79 Å². The number of rotatable bonds is 3. The van der Waals surface area contributed by atoms with E-state index in [1.165, 1.54) is 11.1 Å². The number of carbonyl (C=O) groups is 2. The maximum absolute atomic E-state index is 13.1. The van der Waals surface area contributed by atoms with Gasteiger partial charge in [-0.25, -0.2) is 9.78 Å². The summed E-state index contributed by atoms with van der Waals surface area (Å²) in [6, 6.07) is 4.24. The van der Waals surface area contributed by atoms with Crippen LogP contribution in [0.25, 0.3) is 5.52 Å². The van der Waals surface area contributed by atoms with Gasteiger partial charge in [0.2, 0.25) is 5.91 Å². The Morgan fingerprint density at radius 3 is 2.52 bits per heavy atom. The average Bonchev–Trinajstić information content (AvgIpc) is 2.99. The van der Waals surface area contributed by atoms with Crippen LogP contribution in [0.15, 0.2) is 18.3 Å². The van der Waals surface area contributed by atoms with Crippen LogP contribution >= 0.6 is 0 Å². The third-order valence-electron chi connectivity index (χ3n) is 6.82. The summed E-state index contributed by atoms with van der Waals surface area (Å²) < 4.78 is 7.62. The summed E-state index contributed by atoms with van der Waals surface area (Å²) in [5, 5.41) is 3.26. The molecule has 0 radical (unpaired) electrons. The highest BCUT2D eigenvalue weighted by Gasteiger charge is 2.61. The molecule has 1 saturated carbocycles. The Hall–Kier alpha value is -2.57. The Bertz CT molecular complexity index is 1050. The third-order valence-corrected chi connectivity index (χ3v) is 6.82. The van der Waals surface area contributed by atoms with E-state index < -0.39 is 11.1 Å². The number of aryl methyl sites for hydroxylation is 2. The number of imidazole rings is 1. The molecule has 0 bridgehead atoms. The number of ether oxygens (including phenoxy) is 1. The average molecular weight is 425 g/mol. The summed E-state index contributed by atoms with van der Waals surface area (Å²) in [6.45, 7) is 10.9. The molecule has 7 heteroatoms. The van der Waals surface area contributed by atoms with Gasteiger partial charge >= 0.3 is 6.09 Å². The predicted molar refractivity (Wildman–Crippen MR) is 117 cm³/mol. The van der Waals surface area contributed by atoms with Crippen LogP contribution in [0.2, 0.25) is 0 Å². The SMILES string of the molecule is CC(C)(C)OC(=O)N1C[C@@H]2C(C(=O)NC(C)(C)c3nc4c5c(cccn35)CCC4)[C@@H]2C1. The summed E-state index contributed by atoms with van der Waals surface area (Å²) in [7, 11) is 0. The Balaban J connectivity index is 1.27. The van der Waals surface area contributed by atoms with Crippen molar-refractivity contribution < 1.29 is 14.3 Å². The lowest BCUT2D eigenvalue weighted by Gasteiger charge is -2.27. The standard InChI is InChI=1S/C24H32N4O3/c1-23(2,3)31-22(30)27-12-15-16(13-27)18(15)20(29)26-24(4,5)21-25-17-10-6-8-14-9-7-11-28(21)19(14)17/h7,9,11,15-16,18H,6,8,10,12-13H2,1-5H3,(H,26,29)/t15-,16+,18?. The van der Waals surface area contributed by atoms with E-state index in [1.807, 2.05) is 34.6 Å². The molecule has 1 N–H and O–H groups in total. The maximum atomic E-state index is 13.1. The molecule has 1 aliphatic heterocycles. The minimum atomic E-state index is -0.580. The zero-order valence-corrected chi connectivity index (χ0v) is 19.1. The molecule has 2 fully saturated rings. The number of hydrogen-bond acceptors (Lipinski definition) is 4. The van der Waals surface area contributed by atoms with Gasteiger partial charge in [-0.05, 0) is 77.3 Å². The molecule has 166 valence electrons. The van der Waals surface area contributed by atoms with Gasteiger partial charge in [-0.1, -0.05) is 6.07 Å². The first-order chi connectivity index (χ1) is 14.5. The third kappa shape index (κ3) is 3.48. The molecule has 1 unspecified atom stereocenters. The van der Waals surface area contributed by atoms with Crippen LogP contribution in [0.3, 0.4) is 0 Å². The van der Waals surface area contributed by atoms with Gasteiger partial charge in [-0.3, -0.25) is 4.79 Å². The second-order valence-corrected chi connectivity index (χ2v) is 10.8. The number of pyridine rings is 1. The van der Waals surface area contributed by atoms with Crippen molar-refractivity contribution in [3.05, 3.63) is 35.4 Å². The number of carbonyl (C=O) groups excluding carboxylic acids is 2. The van der Waals surface area contributed by atoms with Crippen LogP contribution in [0, 0.1) is 17.8 Å². The number of aromatic nitrogens is 2. The van der Waals surface area contributed by atoms with E-state index in [9.17, 15) is 9.59 Å². The number of amides is 2. The Labute approximate surface area is 183 Å². The molecule has 5 rings (SSSR count). The van der Waals surface area contributed by atoms with E-state index in [0.29, 0.717) is 13.1 Å². The fourth-order valence-electron chi connectivity index (χ4n) is 5.39. The largest absolute Gasteiger partial charge is 0.444 e. The zero-order valence-electron chi connectivity index (χ0n) is 19.1. The van der Waals surface area contributed by atoms with Crippen molar-refractivity contribution in [1.29, 1.82) is 0 Å². The van der Waals surface area contributed by atoms with Crippen molar-refractivity contribution >= 4 is 17.5 Å². The maximum Gasteiger partial charge on any atom is 0.410 e. The molecule has 2 aliphatic carbocycles. The van der Waals surface area contributed by atoms with Gasteiger partial charge < -0.3 is 19.4 Å². The lowest BCUT2D eigenvalue weighted by Crippen LogP contribution is -2.45. The highest BCUT2D eigenvalue weighted by atomic mass is 16.6. The molecule has 2 aromatic heterocycles. The van der Waals surface area contributed by atoms with Crippen molar-refractivity contribution in [1.82, 2.24) is 19.6 Å². The van der Waals surface area contributed by atoms with Crippen molar-refractivity contribution in [3.63, 3.8) is 0 Å². The van der Waals surface area contributed by atoms with E-state index >= 15 is 0 Å². The second kappa shape index (κ2) is 6.71. The van der Waals surface area contributed by atoms with Gasteiger partial charge in [0.25, 0.3) is 0 Å². The molecular weight excluding hydrogens is 392 g/mol. The zero-order chi connectivity index (χ0) is 22.1. The Morgan fingerprint density at radius 1 is 1.13 bits per heavy atom. The number of piperidine rings is 1. The Kier molecular flexibility index (Phi) is 4.40. The van der Waals surface area contributed by atoms with Gasteiger partial charge in [-0.15, -0.1) is 0 Å². The summed E-state index contributed by atoms with van der Waals surface area (Å²) in [6.07, 6.45) is 4.95. The van der Waals surface area contributed by atoms with E-state index in [4.69, 9.17) is 9.72 Å². The number of hydrogen-bond donors (Lipinski definition) is 1. The van der Waals surface area contributed by atoms with Crippen molar-refractivity contribution in [2.75, 3.05) is 13.1 Å². The van der Waals surface area contributed by atoms with E-state index in [1.54, 1.807) is 4.90 Å². The molecule has 3 atom stereocenters. The molecule has 2 amide bonds. The number of nitrogens with one attached hydrogen (secondary N) is 1. The highest BCUT2D eigenvalue weighted by Crippen LogP contribution is 2.52. The molecule has 3 aliphatic rings. The molecular formula is C24H32N4O3. The number of fused-ring (bicyclic) bond motifs is 1. The molecule has 7 nitrogen and oxygen atoms in total. The van der Waals surface area contributed by atoms with Gasteiger partial charge in [0.15, 0.2) is 0 Å². The number of likely N-dealkylation sites (tertiary alicyclic amines) is 1. The first kappa shape index (κ1) is 20.3. The minimum absolute atomic E-state index is 0.0325. The molecule has 1 saturated heterocycles. The molecule has 31 heavy (non-hydrogen) atoms. The number of nitrogens with zero attached hydrogens (tertiary/aromatic N) is 3. The second-order valence-electron chi connectivity index (χ2n) is 10.8. The van der Waals surface area contributed by atoms with Crippen LogP contribution in [-0.2, 0) is 27.9 Å². The monoisotopic (exact) mass is 424 g/mol. The van der Waals surface area contributed by atoms with Crippen LogP contribution in [-0.4, -0.2) is 45.0 Å². The first-order valence-corrected chi connectivity index (χ1v) is 11.3. The van der Waals surface area contributed by atoms with Gasteiger partial charge in [0, 0.05) is 25.2 Å². The fraction of sp³-hybridized carbons (Fsp3) is 0.625. The summed E-state index contributed by atoms with van der Waals surface area (Å²) in [5.41, 5.74) is 2.60. The highest BCUT2D eigenvalue weighted by molar-refractivity contribution is 5.84. The Morgan fingerprint density at radius 2 is 1.84 bits per heavy atom. The van der Waals surface area contributed by atoms with Gasteiger partial charge in [0.05, 0.1) is 16.7 Å². The van der Waals surface area contributed by atoms with Crippen LogP contribution < -0.4 is 5.32 Å². The molecule has 3 heterocycles. The van der Waals surface area contributed by atoms with Crippen molar-refractivity contribution in [2.24, 2.45) is 17.8 Å². The molecule has 0 aromatic carbocycles. The molecule has 0 spiro atoms. The topological polar surface area (TPSA) is 75.9 Å². The van der Waals surface area contributed by atoms with E-state index in [0.717, 1.165) is 30.8 Å². The smallest absolute Gasteiger partial charge is 0.410 e. The summed E-state index contributed by atoms with van der Waals surface area (Å²) >= 11 is 0. The van der Waals surface area contributed by atoms with Gasteiger partial charge in [0.1, 0.15) is 11.4 Å². The fourth-order valence-corrected chi connectivity index (χ4v) is 5.39. The van der Waals surface area contributed by atoms with Crippen LogP contribution in [0.5, 0.6) is 0 Å². The summed E-state index contributed by atoms with van der Waals surface area (Å²) in [5.74, 6) is 1.37. The summed E-state index contributed by atoms with van der Waals surface area (Å²) in [4.78, 5) is 32.1. The first-order valence-electron chi connectivity index (χ1n) is 11.3. The van der Waals surface area contributed by atoms with Crippen LogP contribution in [0.1, 0.15) is 58.1 Å². The minimum Gasteiger partial charge on any atom is -0.444 e. The molecule has 2 aromatic rings. The lowest BCUT2D eigenvalue weighted by molar-refractivity contribution is -0.125. The van der Waals surface area contributed by atoms with Crippen molar-refractivity contribution in [3.8, 4) is 0 Å². The lowest BCUT2D eigenvalue weighted by atomic mass is 9.99. The predicted octanol–water partition coefficient (Wildman–Crippen LogP) is 3.29.